The lowest BCUT2D eigenvalue weighted by Crippen LogP contribution is -2.62. The van der Waals surface area contributed by atoms with E-state index < -0.39 is 132 Å². The van der Waals surface area contributed by atoms with E-state index in [1.807, 2.05) is 34.6 Å². The van der Waals surface area contributed by atoms with Crippen molar-refractivity contribution in [2.75, 3.05) is 55.0 Å². The van der Waals surface area contributed by atoms with Crippen LogP contribution in [0.4, 0.5) is 0 Å². The maximum Gasteiger partial charge on any atom is 0.329 e. The van der Waals surface area contributed by atoms with Crippen molar-refractivity contribution in [3.63, 3.8) is 0 Å². The minimum absolute atomic E-state index is 0.0168. The van der Waals surface area contributed by atoms with Gasteiger partial charge in [-0.05, 0) is 107 Å². The van der Waals surface area contributed by atoms with Crippen LogP contribution in [0, 0.1) is 35.5 Å². The van der Waals surface area contributed by atoms with Gasteiger partial charge in [-0.1, -0.05) is 74.8 Å². The zero-order chi connectivity index (χ0) is 56.9. The van der Waals surface area contributed by atoms with E-state index in [0.29, 0.717) is 44.1 Å². The average molecular weight is 1060 g/mol. The highest BCUT2D eigenvalue weighted by Gasteiger charge is 2.48. The Kier molecular flexibility index (Phi) is 24.9. The number of nitrogens with zero attached hydrogens (tertiary/aromatic N) is 6. The Morgan fingerprint density at radius 2 is 1.21 bits per heavy atom. The molecule has 0 aromatic heterocycles. The van der Waals surface area contributed by atoms with Gasteiger partial charge in [0.05, 0.1) is 25.0 Å². The highest BCUT2D eigenvalue weighted by Crippen LogP contribution is 2.30. The highest BCUT2D eigenvalue weighted by molar-refractivity contribution is 6.07. The Labute approximate surface area is 447 Å². The first-order valence-electron chi connectivity index (χ1n) is 27.5. The summed E-state index contributed by atoms with van der Waals surface area (Å²) in [6.45, 7) is 21.6. The Balaban J connectivity index is 2.16. The SMILES string of the molecule is CC[C@H](C)[C@H]1C(=O)N(C)[C@@H](C(C)C)C(=O)N(C)[C@@H](COC)C(=O)N2CCC[C@H]2C(=O)N(C)[C@@H](C(C)C)C(=O)N2CCC[C@H]2C(=O)O[C@H](CCC[C@H](O)C(C)C)[C@@H](C)C(=O)O[C@H](C)[C@@H](C)C/C=C(\C)C(=O)CC(=O)N1C. The molecule has 3 aliphatic heterocycles. The molecule has 0 aromatic carbocycles. The second-order valence-corrected chi connectivity index (χ2v) is 22.8. The predicted octanol–water partition coefficient (Wildman–Crippen LogP) is 4.89. The third-order valence-corrected chi connectivity index (χ3v) is 16.2. The summed E-state index contributed by atoms with van der Waals surface area (Å²) in [6.07, 6.45) is 2.32. The number of aliphatic hydroxyl groups is 1. The molecule has 0 spiro atoms. The van der Waals surface area contributed by atoms with Gasteiger partial charge in [0.1, 0.15) is 48.5 Å². The topological polar surface area (TPSA) is 221 Å². The molecule has 3 rings (SSSR count). The fourth-order valence-corrected chi connectivity index (χ4v) is 10.6. The van der Waals surface area contributed by atoms with Gasteiger partial charge in [-0.2, -0.15) is 0 Å². The first-order chi connectivity index (χ1) is 35.0. The zero-order valence-corrected chi connectivity index (χ0v) is 48.5. The molecule has 2 fully saturated rings. The van der Waals surface area contributed by atoms with Gasteiger partial charge >= 0.3 is 11.9 Å². The Hall–Kier alpha value is -4.91. The molecule has 75 heavy (non-hydrogen) atoms. The van der Waals surface area contributed by atoms with Crippen molar-refractivity contribution >= 4 is 53.2 Å². The summed E-state index contributed by atoms with van der Waals surface area (Å²) in [4.78, 5) is 138. The van der Waals surface area contributed by atoms with Crippen LogP contribution in [0.15, 0.2) is 11.6 Å². The van der Waals surface area contributed by atoms with Crippen LogP contribution in [0.1, 0.15) is 147 Å². The summed E-state index contributed by atoms with van der Waals surface area (Å²) in [7, 11) is 7.34. The minimum atomic E-state index is -1.22. The predicted molar refractivity (Wildman–Crippen MR) is 283 cm³/mol. The quantitative estimate of drug-likeness (QED) is 0.215. The van der Waals surface area contributed by atoms with Gasteiger partial charge < -0.3 is 48.7 Å². The first-order valence-corrected chi connectivity index (χ1v) is 27.5. The highest BCUT2D eigenvalue weighted by atomic mass is 16.6. The number of rotatable bonds is 11. The Bertz CT molecular complexity index is 2040. The van der Waals surface area contributed by atoms with Crippen molar-refractivity contribution in [3.05, 3.63) is 11.6 Å². The van der Waals surface area contributed by atoms with Gasteiger partial charge in [-0.3, -0.25) is 38.4 Å². The Morgan fingerprint density at radius 1 is 0.680 bits per heavy atom. The summed E-state index contributed by atoms with van der Waals surface area (Å²) in [5.41, 5.74) is 0.314. The van der Waals surface area contributed by atoms with Crippen molar-refractivity contribution in [1.29, 1.82) is 0 Å². The molecule has 1 N–H and O–H groups in total. The number of carbonyl (C=O) groups excluding carboxylic acids is 9. The number of ether oxygens (including phenoxy) is 3. The monoisotopic (exact) mass is 1060 g/mol. The molecule has 0 aromatic rings. The number of carbonyl (C=O) groups is 9. The number of Topliss-reactive ketones (excluding diaryl/α,β-unsaturated/α-hetero) is 1. The van der Waals surface area contributed by atoms with E-state index in [1.165, 1.54) is 64.7 Å². The van der Waals surface area contributed by atoms with Gasteiger partial charge in [0, 0.05) is 48.4 Å². The third-order valence-electron chi connectivity index (χ3n) is 16.2. The number of hydrogen-bond acceptors (Lipinski definition) is 13. The maximum atomic E-state index is 14.8. The summed E-state index contributed by atoms with van der Waals surface area (Å²) in [5.74, 6) is -7.47. The van der Waals surface area contributed by atoms with E-state index in [9.17, 15) is 48.3 Å². The van der Waals surface area contributed by atoms with Gasteiger partial charge in [0.2, 0.25) is 35.4 Å². The van der Waals surface area contributed by atoms with Crippen LogP contribution in [0.5, 0.6) is 0 Å². The van der Waals surface area contributed by atoms with Crippen LogP contribution in [0.2, 0.25) is 0 Å². The summed E-state index contributed by atoms with van der Waals surface area (Å²) < 4.78 is 17.7. The summed E-state index contributed by atoms with van der Waals surface area (Å²) in [5, 5.41) is 10.6. The van der Waals surface area contributed by atoms with Crippen LogP contribution in [-0.4, -0.2) is 197 Å². The molecule has 0 saturated carbocycles. The molecule has 0 bridgehead atoms. The van der Waals surface area contributed by atoms with Crippen LogP contribution < -0.4 is 0 Å². The lowest BCUT2D eigenvalue weighted by atomic mass is 9.93. The second-order valence-electron chi connectivity index (χ2n) is 22.8. The van der Waals surface area contributed by atoms with E-state index in [2.05, 4.69) is 0 Å². The van der Waals surface area contributed by atoms with E-state index in [0.717, 1.165) is 0 Å². The number of methoxy groups -OCH3 is 1. The van der Waals surface area contributed by atoms with Crippen LogP contribution in [0.3, 0.4) is 0 Å². The lowest BCUT2D eigenvalue weighted by molar-refractivity contribution is -0.170. The third kappa shape index (κ3) is 16.1. The first kappa shape index (κ1) is 64.4. The van der Waals surface area contributed by atoms with E-state index >= 15 is 0 Å². The molecule has 426 valence electrons. The molecular formula is C56H94N6O13. The number of allylic oxidation sites excluding steroid dienone is 2. The zero-order valence-electron chi connectivity index (χ0n) is 48.5. The van der Waals surface area contributed by atoms with Crippen LogP contribution >= 0.6 is 0 Å². The summed E-state index contributed by atoms with van der Waals surface area (Å²) in [6, 6.07) is -6.41. The largest absolute Gasteiger partial charge is 0.462 e. The maximum absolute atomic E-state index is 14.8. The molecule has 3 aliphatic rings. The van der Waals surface area contributed by atoms with Crippen LogP contribution in [0.25, 0.3) is 0 Å². The standard InChI is InChI=1S/C56H94N6O13/c1-18-35(8)49-53(69)60(16)47(33(4)5)52(68)57(13)42(31-73-17)51(67)61-28-20-22-40(61)50(66)59(15)48(34(6)7)54(70)62-29-21-23-41(62)56(72)75-45(25-19-24-43(63)32(2)3)38(11)55(71)74-39(12)36(9)26-27-37(10)44(64)30-46(65)58(49)14/h27,32-36,38-43,45,47-49,63H,18-26,28-31H2,1-17H3/b37-27+/t35-,36-,38+,39+,40-,41-,42-,43-,45+,47-,48-,49-/m0/s1. The van der Waals surface area contributed by atoms with Crippen molar-refractivity contribution in [2.45, 2.75) is 202 Å². The van der Waals surface area contributed by atoms with Crippen molar-refractivity contribution in [1.82, 2.24) is 29.4 Å². The molecule has 19 nitrogen and oxygen atoms in total. The average Bonchev–Trinajstić information content (AvgIpc) is 4.06. The van der Waals surface area contributed by atoms with Crippen molar-refractivity contribution < 1.29 is 62.5 Å². The number of hydrogen-bond donors (Lipinski definition) is 1. The van der Waals surface area contributed by atoms with Crippen LogP contribution in [-0.2, 0) is 57.4 Å². The Morgan fingerprint density at radius 3 is 1.76 bits per heavy atom. The van der Waals surface area contributed by atoms with Gasteiger partial charge in [0.15, 0.2) is 5.78 Å². The number of cyclic esters (lactones) is 2. The number of fused-ring (bicyclic) bond motifs is 2. The van der Waals surface area contributed by atoms with E-state index in [-0.39, 0.29) is 56.7 Å². The second kappa shape index (κ2) is 29.0. The molecule has 6 amide bonds. The minimum Gasteiger partial charge on any atom is -0.462 e. The van der Waals surface area contributed by atoms with Crippen molar-refractivity contribution in [2.24, 2.45) is 35.5 Å². The van der Waals surface area contributed by atoms with Gasteiger partial charge in [-0.15, -0.1) is 0 Å². The van der Waals surface area contributed by atoms with Crippen molar-refractivity contribution in [3.8, 4) is 0 Å². The molecule has 3 heterocycles. The molecule has 2 saturated heterocycles. The molecule has 0 aliphatic carbocycles. The molecular weight excluding hydrogens is 965 g/mol. The van der Waals surface area contributed by atoms with Gasteiger partial charge in [0.25, 0.3) is 0 Å². The number of amides is 6. The fraction of sp³-hybridized carbons (Fsp3) is 0.804. The van der Waals surface area contributed by atoms with Gasteiger partial charge in [-0.25, -0.2) is 4.79 Å². The molecule has 0 unspecified atom stereocenters. The van der Waals surface area contributed by atoms with E-state index in [4.69, 9.17) is 14.2 Å². The fourth-order valence-electron chi connectivity index (χ4n) is 10.6. The number of aliphatic hydroxyl groups excluding tert-OH is 1. The molecule has 19 heteroatoms. The summed E-state index contributed by atoms with van der Waals surface area (Å²) >= 11 is 0. The number of esters is 2. The lowest BCUT2D eigenvalue weighted by Gasteiger charge is -2.41. The number of ketones is 1. The smallest absolute Gasteiger partial charge is 0.329 e. The van der Waals surface area contributed by atoms with E-state index in [1.54, 1.807) is 54.5 Å². The number of likely N-dealkylation sites (N-methyl/N-ethyl adjacent to an activating group) is 4. The normalized spacial score (nSPS) is 30.4. The molecule has 12 atom stereocenters. The molecule has 0 radical (unpaired) electrons.